The Morgan fingerprint density at radius 2 is 1.83 bits per heavy atom. The number of rotatable bonds is 9. The minimum absolute atomic E-state index is 0.0729. The van der Waals surface area contributed by atoms with Gasteiger partial charge in [0.2, 0.25) is 15.9 Å². The number of carbonyl (C=O) groups is 1. The summed E-state index contributed by atoms with van der Waals surface area (Å²) >= 11 is 0. The van der Waals surface area contributed by atoms with E-state index in [1.165, 1.54) is 4.31 Å². The molecule has 29 heavy (non-hydrogen) atoms. The lowest BCUT2D eigenvalue weighted by Crippen LogP contribution is -2.34. The molecular formula is C22H28N2O4S. The summed E-state index contributed by atoms with van der Waals surface area (Å²) < 4.78 is 32.0. The molecule has 1 saturated carbocycles. The Hall–Kier alpha value is -2.38. The van der Waals surface area contributed by atoms with E-state index in [0.717, 1.165) is 24.2 Å². The van der Waals surface area contributed by atoms with Gasteiger partial charge in [-0.25, -0.2) is 8.42 Å². The highest BCUT2D eigenvalue weighted by atomic mass is 32.2. The van der Waals surface area contributed by atoms with Crippen molar-refractivity contribution in [3.05, 3.63) is 60.1 Å². The molecule has 0 radical (unpaired) electrons. The van der Waals surface area contributed by atoms with Crippen molar-refractivity contribution in [1.82, 2.24) is 9.21 Å². The van der Waals surface area contributed by atoms with Crippen LogP contribution in [0.1, 0.15) is 51.0 Å². The second kappa shape index (κ2) is 8.97. The van der Waals surface area contributed by atoms with Gasteiger partial charge < -0.3 is 9.32 Å². The topological polar surface area (TPSA) is 70.8 Å². The summed E-state index contributed by atoms with van der Waals surface area (Å²) in [7, 11) is -3.48. The predicted octanol–water partition coefficient (Wildman–Crippen LogP) is 4.08. The number of nitrogens with zero attached hydrogens (tertiary/aromatic N) is 2. The molecule has 1 aromatic carbocycles. The zero-order valence-electron chi connectivity index (χ0n) is 17.1. The van der Waals surface area contributed by atoms with Crippen molar-refractivity contribution in [1.29, 1.82) is 0 Å². The highest BCUT2D eigenvalue weighted by Crippen LogP contribution is 2.34. The molecule has 0 spiro atoms. The van der Waals surface area contributed by atoms with Crippen LogP contribution in [0.5, 0.6) is 0 Å². The van der Waals surface area contributed by atoms with E-state index in [0.29, 0.717) is 13.1 Å². The Kier molecular flexibility index (Phi) is 6.59. The highest BCUT2D eigenvalue weighted by Gasteiger charge is 2.36. The molecule has 0 aliphatic heterocycles. The average Bonchev–Trinajstić information content (AvgIpc) is 3.38. The number of sulfonamides is 1. The van der Waals surface area contributed by atoms with Crippen molar-refractivity contribution in [3.8, 4) is 0 Å². The SMILES string of the molecule is CCN(CC)S(=O)(=O)c1ccc(/C=C/C(=O)N(C2CC2)C(C)c2ccco2)cc1. The van der Waals surface area contributed by atoms with E-state index in [-0.39, 0.29) is 22.9 Å². The molecule has 1 aliphatic rings. The van der Waals surface area contributed by atoms with Gasteiger partial charge in [0.05, 0.1) is 17.2 Å². The van der Waals surface area contributed by atoms with Crippen molar-refractivity contribution in [2.24, 2.45) is 0 Å². The molecule has 1 aliphatic carbocycles. The van der Waals surface area contributed by atoms with Crippen LogP contribution in [0.4, 0.5) is 0 Å². The van der Waals surface area contributed by atoms with E-state index in [2.05, 4.69) is 0 Å². The van der Waals surface area contributed by atoms with Crippen LogP contribution in [-0.2, 0) is 14.8 Å². The van der Waals surface area contributed by atoms with Gasteiger partial charge in [0.25, 0.3) is 0 Å². The fourth-order valence-electron chi connectivity index (χ4n) is 3.42. The first-order valence-electron chi connectivity index (χ1n) is 10.0. The molecule has 1 unspecified atom stereocenters. The standard InChI is InChI=1S/C22H28N2O4S/c1-4-23(5-2)29(26,27)20-13-8-18(9-14-20)10-15-22(25)24(19-11-12-19)17(3)21-7-6-16-28-21/h6-10,13-17,19H,4-5,11-12H2,1-3H3/b15-10+. The van der Waals surface area contributed by atoms with Crippen LogP contribution in [0.3, 0.4) is 0 Å². The van der Waals surface area contributed by atoms with Crippen LogP contribution < -0.4 is 0 Å². The second-order valence-electron chi connectivity index (χ2n) is 7.16. The average molecular weight is 417 g/mol. The molecule has 0 bridgehead atoms. The Bertz CT molecular complexity index is 941. The molecule has 2 aromatic rings. The summed E-state index contributed by atoms with van der Waals surface area (Å²) in [5.41, 5.74) is 0.776. The molecular weight excluding hydrogens is 388 g/mol. The molecule has 1 fully saturated rings. The Balaban J connectivity index is 1.73. The van der Waals surface area contributed by atoms with E-state index in [1.54, 1.807) is 42.7 Å². The highest BCUT2D eigenvalue weighted by molar-refractivity contribution is 7.89. The number of hydrogen-bond donors (Lipinski definition) is 0. The maximum atomic E-state index is 12.8. The summed E-state index contributed by atoms with van der Waals surface area (Å²) in [6.07, 6.45) is 6.89. The molecule has 1 atom stereocenters. The van der Waals surface area contributed by atoms with Crippen LogP contribution in [-0.4, -0.2) is 42.7 Å². The molecule has 7 heteroatoms. The van der Waals surface area contributed by atoms with E-state index in [4.69, 9.17) is 4.42 Å². The van der Waals surface area contributed by atoms with Gasteiger partial charge in [-0.15, -0.1) is 0 Å². The van der Waals surface area contributed by atoms with Gasteiger partial charge in [-0.3, -0.25) is 4.79 Å². The summed E-state index contributed by atoms with van der Waals surface area (Å²) in [6.45, 7) is 6.47. The van der Waals surface area contributed by atoms with Crippen molar-refractivity contribution < 1.29 is 17.6 Å². The second-order valence-corrected chi connectivity index (χ2v) is 9.10. The molecule has 1 amide bonds. The number of amides is 1. The first kappa shape index (κ1) is 21.3. The number of benzene rings is 1. The normalized spacial score (nSPS) is 15.7. The first-order chi connectivity index (χ1) is 13.9. The van der Waals surface area contributed by atoms with E-state index in [1.807, 2.05) is 37.8 Å². The van der Waals surface area contributed by atoms with Crippen molar-refractivity contribution in [3.63, 3.8) is 0 Å². The van der Waals surface area contributed by atoms with Crippen molar-refractivity contribution in [2.45, 2.75) is 50.6 Å². The fraction of sp³-hybridized carbons (Fsp3) is 0.409. The molecule has 156 valence electrons. The summed E-state index contributed by atoms with van der Waals surface area (Å²) in [4.78, 5) is 14.9. The molecule has 3 rings (SSSR count). The van der Waals surface area contributed by atoms with Gasteiger partial charge in [0.15, 0.2) is 0 Å². The van der Waals surface area contributed by atoms with Crippen molar-refractivity contribution in [2.75, 3.05) is 13.1 Å². The van der Waals surface area contributed by atoms with Gasteiger partial charge in [-0.2, -0.15) is 4.31 Å². The quantitative estimate of drug-likeness (QED) is 0.578. The van der Waals surface area contributed by atoms with Crippen LogP contribution in [0.2, 0.25) is 0 Å². The minimum Gasteiger partial charge on any atom is -0.467 e. The maximum absolute atomic E-state index is 12.8. The summed E-state index contributed by atoms with van der Waals surface area (Å²) in [5, 5.41) is 0. The molecule has 1 aromatic heterocycles. The summed E-state index contributed by atoms with van der Waals surface area (Å²) in [5.74, 6) is 0.695. The van der Waals surface area contributed by atoms with E-state index < -0.39 is 10.0 Å². The molecule has 0 saturated heterocycles. The third-order valence-corrected chi connectivity index (χ3v) is 7.27. The predicted molar refractivity (Wildman–Crippen MR) is 113 cm³/mol. The number of hydrogen-bond acceptors (Lipinski definition) is 4. The Morgan fingerprint density at radius 3 is 2.34 bits per heavy atom. The lowest BCUT2D eigenvalue weighted by Gasteiger charge is -2.26. The zero-order valence-corrected chi connectivity index (χ0v) is 17.9. The third kappa shape index (κ3) is 4.79. The van der Waals surface area contributed by atoms with Gasteiger partial charge in [0, 0.05) is 25.2 Å². The number of carbonyl (C=O) groups excluding carboxylic acids is 1. The monoisotopic (exact) mass is 416 g/mol. The van der Waals surface area contributed by atoms with Crippen LogP contribution in [0, 0.1) is 0 Å². The largest absolute Gasteiger partial charge is 0.467 e. The van der Waals surface area contributed by atoms with Crippen LogP contribution in [0.15, 0.2) is 58.1 Å². The third-order valence-electron chi connectivity index (χ3n) is 5.21. The lowest BCUT2D eigenvalue weighted by atomic mass is 10.2. The Morgan fingerprint density at radius 1 is 1.17 bits per heavy atom. The van der Waals surface area contributed by atoms with E-state index >= 15 is 0 Å². The minimum atomic E-state index is -3.48. The zero-order chi connectivity index (χ0) is 21.0. The van der Waals surface area contributed by atoms with Gasteiger partial charge in [-0.1, -0.05) is 26.0 Å². The van der Waals surface area contributed by atoms with Crippen LogP contribution in [0.25, 0.3) is 6.08 Å². The fourth-order valence-corrected chi connectivity index (χ4v) is 4.88. The van der Waals surface area contributed by atoms with Gasteiger partial charge >= 0.3 is 0 Å². The van der Waals surface area contributed by atoms with Gasteiger partial charge in [0.1, 0.15) is 5.76 Å². The number of furan rings is 1. The first-order valence-corrected chi connectivity index (χ1v) is 11.5. The van der Waals surface area contributed by atoms with Crippen molar-refractivity contribution >= 4 is 22.0 Å². The summed E-state index contributed by atoms with van der Waals surface area (Å²) in [6, 6.07) is 10.4. The van der Waals surface area contributed by atoms with Crippen LogP contribution >= 0.6 is 0 Å². The maximum Gasteiger partial charge on any atom is 0.247 e. The molecule has 6 nitrogen and oxygen atoms in total. The smallest absolute Gasteiger partial charge is 0.247 e. The molecule has 1 heterocycles. The van der Waals surface area contributed by atoms with Gasteiger partial charge in [-0.05, 0) is 55.7 Å². The van der Waals surface area contributed by atoms with E-state index in [9.17, 15) is 13.2 Å². The Labute approximate surface area is 172 Å². The lowest BCUT2D eigenvalue weighted by molar-refractivity contribution is -0.129. The molecule has 0 N–H and O–H groups in total.